The summed E-state index contributed by atoms with van der Waals surface area (Å²) in [4.78, 5) is 0. The Morgan fingerprint density at radius 2 is 2.36 bits per heavy atom. The monoisotopic (exact) mass is 194 g/mol. The van der Waals surface area contributed by atoms with E-state index in [4.69, 9.17) is 5.73 Å². The summed E-state index contributed by atoms with van der Waals surface area (Å²) >= 11 is 0. The zero-order chi connectivity index (χ0) is 9.97. The smallest absolute Gasteiger partial charge is 0.146 e. The molecule has 2 nitrogen and oxygen atoms in total. The lowest BCUT2D eigenvalue weighted by Crippen LogP contribution is -2.23. The highest BCUT2D eigenvalue weighted by Gasteiger charge is 2.14. The van der Waals surface area contributed by atoms with Crippen molar-refractivity contribution >= 4 is 5.69 Å². The van der Waals surface area contributed by atoms with Crippen molar-refractivity contribution < 1.29 is 4.39 Å². The first-order valence-electron chi connectivity index (χ1n) is 5.03. The van der Waals surface area contributed by atoms with Crippen LogP contribution in [0.15, 0.2) is 18.2 Å². The van der Waals surface area contributed by atoms with E-state index < -0.39 is 0 Å². The van der Waals surface area contributed by atoms with E-state index in [2.05, 4.69) is 5.32 Å². The highest BCUT2D eigenvalue weighted by molar-refractivity contribution is 5.41. The van der Waals surface area contributed by atoms with Crippen LogP contribution in [0.4, 0.5) is 10.1 Å². The van der Waals surface area contributed by atoms with Crippen LogP contribution in [-0.2, 0) is 6.42 Å². The fraction of sp³-hybridized carbons (Fsp3) is 0.455. The van der Waals surface area contributed by atoms with Gasteiger partial charge in [0.1, 0.15) is 5.82 Å². The molecule has 0 saturated carbocycles. The molecule has 76 valence electrons. The second kappa shape index (κ2) is 3.96. The third-order valence-electron chi connectivity index (χ3n) is 2.71. The van der Waals surface area contributed by atoms with Gasteiger partial charge in [0.15, 0.2) is 0 Å². The lowest BCUT2D eigenvalue weighted by molar-refractivity contribution is 0.594. The van der Waals surface area contributed by atoms with Crippen LogP contribution in [0, 0.1) is 5.82 Å². The van der Waals surface area contributed by atoms with E-state index in [1.54, 1.807) is 6.07 Å². The molecule has 1 unspecified atom stereocenters. The van der Waals surface area contributed by atoms with Crippen LogP contribution < -0.4 is 11.1 Å². The Balaban J connectivity index is 2.05. The van der Waals surface area contributed by atoms with Crippen LogP contribution in [0.3, 0.4) is 0 Å². The summed E-state index contributed by atoms with van der Waals surface area (Å²) in [6.45, 7) is 1.09. The van der Waals surface area contributed by atoms with Gasteiger partial charge in [0, 0.05) is 6.04 Å². The molecule has 1 fully saturated rings. The van der Waals surface area contributed by atoms with E-state index in [1.807, 2.05) is 6.07 Å². The number of rotatable bonds is 2. The minimum atomic E-state index is -0.305. The van der Waals surface area contributed by atoms with E-state index in [0.717, 1.165) is 18.5 Å². The van der Waals surface area contributed by atoms with Gasteiger partial charge in [-0.3, -0.25) is 0 Å². The SMILES string of the molecule is Nc1ccc(CC2CCCN2)cc1F. The van der Waals surface area contributed by atoms with Gasteiger partial charge in [-0.1, -0.05) is 6.07 Å². The number of hydrogen-bond donors (Lipinski definition) is 2. The number of benzene rings is 1. The molecule has 1 aromatic rings. The fourth-order valence-corrected chi connectivity index (χ4v) is 1.91. The molecular weight excluding hydrogens is 179 g/mol. The van der Waals surface area contributed by atoms with Gasteiger partial charge >= 0.3 is 0 Å². The van der Waals surface area contributed by atoms with Crippen LogP contribution in [0.1, 0.15) is 18.4 Å². The van der Waals surface area contributed by atoms with Crippen LogP contribution in [0.5, 0.6) is 0 Å². The summed E-state index contributed by atoms with van der Waals surface area (Å²) in [6.07, 6.45) is 3.31. The van der Waals surface area contributed by atoms with Crippen LogP contribution in [0.25, 0.3) is 0 Å². The Morgan fingerprint density at radius 1 is 1.50 bits per heavy atom. The summed E-state index contributed by atoms with van der Waals surface area (Å²) in [5, 5.41) is 3.39. The first-order chi connectivity index (χ1) is 6.75. The molecule has 14 heavy (non-hydrogen) atoms. The third-order valence-corrected chi connectivity index (χ3v) is 2.71. The van der Waals surface area contributed by atoms with E-state index in [1.165, 1.54) is 18.9 Å². The predicted molar refractivity (Wildman–Crippen MR) is 55.5 cm³/mol. The first-order valence-corrected chi connectivity index (χ1v) is 5.03. The van der Waals surface area contributed by atoms with Gasteiger partial charge in [0.2, 0.25) is 0 Å². The topological polar surface area (TPSA) is 38.0 Å². The lowest BCUT2D eigenvalue weighted by Gasteiger charge is -2.10. The normalized spacial score (nSPS) is 21.4. The largest absolute Gasteiger partial charge is 0.396 e. The average Bonchev–Trinajstić information content (AvgIpc) is 2.64. The molecule has 3 N–H and O–H groups in total. The zero-order valence-corrected chi connectivity index (χ0v) is 8.09. The highest BCUT2D eigenvalue weighted by Crippen LogP contribution is 2.16. The number of halogens is 1. The fourth-order valence-electron chi connectivity index (χ4n) is 1.91. The van der Waals surface area contributed by atoms with Gasteiger partial charge in [-0.15, -0.1) is 0 Å². The zero-order valence-electron chi connectivity index (χ0n) is 8.09. The first kappa shape index (κ1) is 9.46. The Kier molecular flexibility index (Phi) is 2.68. The molecule has 0 aromatic heterocycles. The Bertz CT molecular complexity index is 319. The summed E-state index contributed by atoms with van der Waals surface area (Å²) in [5.74, 6) is -0.305. The molecule has 3 heteroatoms. The maximum absolute atomic E-state index is 13.1. The maximum atomic E-state index is 13.1. The molecule has 1 aromatic carbocycles. The van der Waals surface area contributed by atoms with Crippen molar-refractivity contribution in [3.8, 4) is 0 Å². The minimum absolute atomic E-state index is 0.230. The van der Waals surface area contributed by atoms with Crippen molar-refractivity contribution in [3.05, 3.63) is 29.6 Å². The quantitative estimate of drug-likeness (QED) is 0.703. The number of anilines is 1. The molecular formula is C11H15FN2. The Labute approximate surface area is 83.3 Å². The van der Waals surface area contributed by atoms with Crippen molar-refractivity contribution in [1.82, 2.24) is 5.32 Å². The summed E-state index contributed by atoms with van der Waals surface area (Å²) in [7, 11) is 0. The van der Waals surface area contributed by atoms with Crippen molar-refractivity contribution in [1.29, 1.82) is 0 Å². The minimum Gasteiger partial charge on any atom is -0.396 e. The molecule has 1 saturated heterocycles. The van der Waals surface area contributed by atoms with Gasteiger partial charge in [0.25, 0.3) is 0 Å². The second-order valence-electron chi connectivity index (χ2n) is 3.85. The van der Waals surface area contributed by atoms with Gasteiger partial charge in [0.05, 0.1) is 5.69 Å². The van der Waals surface area contributed by atoms with E-state index in [0.29, 0.717) is 6.04 Å². The molecule has 0 bridgehead atoms. The van der Waals surface area contributed by atoms with Crippen LogP contribution in [0.2, 0.25) is 0 Å². The van der Waals surface area contributed by atoms with E-state index >= 15 is 0 Å². The van der Waals surface area contributed by atoms with Gasteiger partial charge in [-0.2, -0.15) is 0 Å². The standard InChI is InChI=1S/C11H15FN2/c12-10-7-8(3-4-11(10)13)6-9-2-1-5-14-9/h3-4,7,9,14H,1-2,5-6,13H2. The lowest BCUT2D eigenvalue weighted by atomic mass is 10.0. The van der Waals surface area contributed by atoms with Crippen LogP contribution >= 0.6 is 0 Å². The van der Waals surface area contributed by atoms with E-state index in [-0.39, 0.29) is 11.5 Å². The van der Waals surface area contributed by atoms with E-state index in [9.17, 15) is 4.39 Å². The van der Waals surface area contributed by atoms with Gasteiger partial charge < -0.3 is 11.1 Å². The van der Waals surface area contributed by atoms with Gasteiger partial charge in [-0.25, -0.2) is 4.39 Å². The van der Waals surface area contributed by atoms with Gasteiger partial charge in [-0.05, 0) is 43.5 Å². The molecule has 1 aliphatic heterocycles. The molecule has 1 heterocycles. The van der Waals surface area contributed by atoms with Crippen molar-refractivity contribution in [2.45, 2.75) is 25.3 Å². The molecule has 0 spiro atoms. The Morgan fingerprint density at radius 3 is 3.00 bits per heavy atom. The second-order valence-corrected chi connectivity index (χ2v) is 3.85. The molecule has 0 amide bonds. The third kappa shape index (κ3) is 2.04. The molecule has 0 radical (unpaired) electrons. The highest BCUT2D eigenvalue weighted by atomic mass is 19.1. The Hall–Kier alpha value is -1.09. The molecule has 0 aliphatic carbocycles. The number of hydrogen-bond acceptors (Lipinski definition) is 2. The number of nitrogens with two attached hydrogens (primary N) is 1. The van der Waals surface area contributed by atoms with Crippen molar-refractivity contribution in [2.24, 2.45) is 0 Å². The van der Waals surface area contributed by atoms with Crippen molar-refractivity contribution in [3.63, 3.8) is 0 Å². The number of nitrogens with one attached hydrogen (secondary N) is 1. The summed E-state index contributed by atoms with van der Waals surface area (Å²) in [5.41, 5.74) is 6.66. The van der Waals surface area contributed by atoms with Crippen LogP contribution in [-0.4, -0.2) is 12.6 Å². The van der Waals surface area contributed by atoms with Crippen molar-refractivity contribution in [2.75, 3.05) is 12.3 Å². The molecule has 1 atom stereocenters. The molecule has 1 aliphatic rings. The molecule has 2 rings (SSSR count). The average molecular weight is 194 g/mol. The maximum Gasteiger partial charge on any atom is 0.146 e. The summed E-state index contributed by atoms with van der Waals surface area (Å²) in [6, 6.07) is 5.59. The summed E-state index contributed by atoms with van der Waals surface area (Å²) < 4.78 is 13.1. The number of nitrogen functional groups attached to an aromatic ring is 1. The predicted octanol–water partition coefficient (Wildman–Crippen LogP) is 1.70.